The molecule has 1 saturated heterocycles. The summed E-state index contributed by atoms with van der Waals surface area (Å²) < 4.78 is 7.58. The first-order valence-electron chi connectivity index (χ1n) is 18.6. The fraction of sp³-hybridized carbons (Fsp3) is 0.196. The van der Waals surface area contributed by atoms with Crippen LogP contribution in [0.15, 0.2) is 142 Å². The zero-order valence-corrected chi connectivity index (χ0v) is 31.0. The Balaban J connectivity index is 1.24. The summed E-state index contributed by atoms with van der Waals surface area (Å²) in [6.07, 6.45) is 1.95. The lowest BCUT2D eigenvalue weighted by molar-refractivity contribution is -0.141. The van der Waals surface area contributed by atoms with Crippen molar-refractivity contribution in [1.82, 2.24) is 9.47 Å². The standard InChI is InChI=1S/C46H35N3O5S/c1-3-54-44(53)36-26(2)47-45-49(40(36)30-21-13-17-28-16-7-8-18-29(28)30)41(50)35(55-45)24-46-33-22-11-9-19-31(33)37(32-20-10-12-23-34(32)46)38-39(46)43(52)48(42(38)51)25-27-14-5-4-6-15-27/h4-24,37-40H,3,25H2,1-2H3/b35-24+/t37?,38-,39-,40-,46?/m0/s1. The topological polar surface area (TPSA) is 98.0 Å². The van der Waals surface area contributed by atoms with Gasteiger partial charge in [-0.15, -0.1) is 0 Å². The van der Waals surface area contributed by atoms with Crippen LogP contribution >= 0.6 is 11.3 Å². The number of imide groups is 1. The number of carbonyl (C=O) groups excluding carboxylic acids is 3. The molecule has 5 aliphatic rings. The van der Waals surface area contributed by atoms with Crippen LogP contribution in [0, 0.1) is 11.8 Å². The Morgan fingerprint density at radius 3 is 2.16 bits per heavy atom. The number of thiazole rings is 1. The number of likely N-dealkylation sites (tertiary alicyclic amines) is 1. The highest BCUT2D eigenvalue weighted by Crippen LogP contribution is 2.64. The third-order valence-electron chi connectivity index (χ3n) is 12.0. The summed E-state index contributed by atoms with van der Waals surface area (Å²) in [5, 5.41) is 1.88. The minimum absolute atomic E-state index is 0.168. The van der Waals surface area contributed by atoms with Crippen LogP contribution in [0.25, 0.3) is 16.8 Å². The van der Waals surface area contributed by atoms with Gasteiger partial charge in [0.1, 0.15) is 0 Å². The summed E-state index contributed by atoms with van der Waals surface area (Å²) in [7, 11) is 0. The minimum Gasteiger partial charge on any atom is -0.463 e. The molecule has 0 spiro atoms. The molecular formula is C46H35N3O5S. The van der Waals surface area contributed by atoms with Gasteiger partial charge >= 0.3 is 5.97 Å². The van der Waals surface area contributed by atoms with Crippen molar-refractivity contribution >= 4 is 46.0 Å². The van der Waals surface area contributed by atoms with Crippen LogP contribution in [0.4, 0.5) is 0 Å². The second-order valence-corrected chi connectivity index (χ2v) is 15.7. The highest BCUT2D eigenvalue weighted by Gasteiger charge is 2.67. The molecule has 2 amide bonds. The zero-order chi connectivity index (χ0) is 37.6. The Kier molecular flexibility index (Phi) is 7.54. The average molecular weight is 742 g/mol. The van der Waals surface area contributed by atoms with Crippen molar-refractivity contribution in [3.05, 3.63) is 186 Å². The number of nitrogens with zero attached hydrogens (tertiary/aromatic N) is 3. The summed E-state index contributed by atoms with van der Waals surface area (Å²) in [5.41, 5.74) is 4.78. The maximum atomic E-state index is 15.2. The van der Waals surface area contributed by atoms with Crippen molar-refractivity contribution in [3.63, 3.8) is 0 Å². The molecule has 1 fully saturated rings. The third-order valence-corrected chi connectivity index (χ3v) is 12.9. The van der Waals surface area contributed by atoms with Crippen molar-refractivity contribution in [3.8, 4) is 0 Å². The number of amides is 2. The van der Waals surface area contributed by atoms with Gasteiger partial charge in [0.05, 0.1) is 52.2 Å². The number of allylic oxidation sites excluding steroid dienone is 1. The van der Waals surface area contributed by atoms with Gasteiger partial charge in [-0.05, 0) is 64.1 Å². The molecule has 5 aromatic carbocycles. The monoisotopic (exact) mass is 741 g/mol. The molecule has 0 saturated carbocycles. The molecule has 1 aromatic heterocycles. The Hall–Kier alpha value is -6.19. The van der Waals surface area contributed by atoms with Crippen LogP contribution in [0.3, 0.4) is 0 Å². The van der Waals surface area contributed by atoms with Crippen LogP contribution in [-0.2, 0) is 31.1 Å². The molecular weight excluding hydrogens is 707 g/mol. The van der Waals surface area contributed by atoms with Crippen molar-refractivity contribution in [2.45, 2.75) is 37.8 Å². The lowest BCUT2D eigenvalue weighted by Crippen LogP contribution is -2.53. The summed E-state index contributed by atoms with van der Waals surface area (Å²) in [6, 6.07) is 38.7. The van der Waals surface area contributed by atoms with Crippen molar-refractivity contribution < 1.29 is 19.1 Å². The number of rotatable bonds is 6. The minimum atomic E-state index is -1.14. The fourth-order valence-corrected chi connectivity index (χ4v) is 10.9. The molecule has 8 nitrogen and oxygen atoms in total. The van der Waals surface area contributed by atoms with Crippen LogP contribution < -0.4 is 14.9 Å². The maximum Gasteiger partial charge on any atom is 0.338 e. The van der Waals surface area contributed by atoms with Crippen LogP contribution in [-0.4, -0.2) is 33.9 Å². The summed E-state index contributed by atoms with van der Waals surface area (Å²) in [6.45, 7) is 3.88. The second kappa shape index (κ2) is 12.4. The van der Waals surface area contributed by atoms with Gasteiger partial charge < -0.3 is 4.74 Å². The molecule has 3 heterocycles. The van der Waals surface area contributed by atoms with Crippen LogP contribution in [0.1, 0.15) is 59.2 Å². The number of benzene rings is 5. The van der Waals surface area contributed by atoms with E-state index in [2.05, 4.69) is 12.1 Å². The highest BCUT2D eigenvalue weighted by atomic mass is 32.1. The Morgan fingerprint density at radius 1 is 0.800 bits per heavy atom. The molecule has 55 heavy (non-hydrogen) atoms. The number of ether oxygens (including phenoxy) is 1. The van der Waals surface area contributed by atoms with E-state index in [1.165, 1.54) is 16.2 Å². The van der Waals surface area contributed by atoms with E-state index >= 15 is 4.79 Å². The van der Waals surface area contributed by atoms with Crippen molar-refractivity contribution in [2.75, 3.05) is 6.61 Å². The van der Waals surface area contributed by atoms with Crippen LogP contribution in [0.5, 0.6) is 0 Å². The van der Waals surface area contributed by atoms with Crippen LogP contribution in [0.2, 0.25) is 0 Å². The van der Waals surface area contributed by atoms with E-state index < -0.39 is 29.3 Å². The number of fused-ring (bicyclic) bond motifs is 2. The molecule has 2 bridgehead atoms. The predicted octanol–water partition coefficient (Wildman–Crippen LogP) is 6.15. The largest absolute Gasteiger partial charge is 0.463 e. The smallest absolute Gasteiger partial charge is 0.338 e. The maximum absolute atomic E-state index is 15.2. The summed E-state index contributed by atoms with van der Waals surface area (Å²) >= 11 is 1.24. The Bertz CT molecular complexity index is 2800. The Labute approximate surface area is 320 Å². The number of carbonyl (C=O) groups is 3. The van der Waals surface area contributed by atoms with E-state index in [-0.39, 0.29) is 36.4 Å². The summed E-state index contributed by atoms with van der Waals surface area (Å²) in [5.74, 6) is -2.71. The molecule has 2 aliphatic heterocycles. The highest BCUT2D eigenvalue weighted by molar-refractivity contribution is 7.07. The van der Waals surface area contributed by atoms with Gasteiger partial charge in [0.15, 0.2) is 4.80 Å². The van der Waals surface area contributed by atoms with Gasteiger partial charge in [-0.25, -0.2) is 9.79 Å². The molecule has 6 aromatic rings. The van der Waals surface area contributed by atoms with Crippen molar-refractivity contribution in [1.29, 1.82) is 0 Å². The normalized spacial score (nSPS) is 23.7. The third kappa shape index (κ3) is 4.66. The molecule has 3 atom stereocenters. The molecule has 0 radical (unpaired) electrons. The first-order chi connectivity index (χ1) is 26.8. The Morgan fingerprint density at radius 2 is 1.44 bits per heavy atom. The van der Waals surface area contributed by atoms with Gasteiger partial charge in [-0.3, -0.25) is 23.9 Å². The van der Waals surface area contributed by atoms with Gasteiger partial charge in [-0.2, -0.15) is 0 Å². The molecule has 9 heteroatoms. The molecule has 0 unspecified atom stereocenters. The first-order valence-corrected chi connectivity index (χ1v) is 19.4. The van der Waals surface area contributed by atoms with E-state index in [0.717, 1.165) is 44.2 Å². The van der Waals surface area contributed by atoms with E-state index in [1.54, 1.807) is 18.4 Å². The quantitative estimate of drug-likeness (QED) is 0.151. The number of hydrogen-bond acceptors (Lipinski definition) is 7. The van der Waals surface area contributed by atoms with E-state index in [0.29, 0.717) is 20.6 Å². The lowest BCUT2D eigenvalue weighted by Gasteiger charge is -2.53. The SMILES string of the molecule is CCOC(=O)C1=C(C)N=c2s/c(=C/C34c5ccccc5C(c5ccccc53)[C@@H]3C(=O)N(Cc5ccccc5)C(=O)[C@H]34)c(=O)n2[C@H]1c1cccc2ccccc12. The van der Waals surface area contributed by atoms with Gasteiger partial charge in [-0.1, -0.05) is 133 Å². The van der Waals surface area contributed by atoms with E-state index in [4.69, 9.17) is 9.73 Å². The van der Waals surface area contributed by atoms with Gasteiger partial charge in [0.25, 0.3) is 5.56 Å². The number of esters is 1. The molecule has 270 valence electrons. The molecule has 3 aliphatic carbocycles. The second-order valence-electron chi connectivity index (χ2n) is 14.6. The van der Waals surface area contributed by atoms with E-state index in [1.807, 2.05) is 115 Å². The van der Waals surface area contributed by atoms with Gasteiger partial charge in [0.2, 0.25) is 11.8 Å². The van der Waals surface area contributed by atoms with Crippen molar-refractivity contribution in [2.24, 2.45) is 16.8 Å². The predicted molar refractivity (Wildman–Crippen MR) is 210 cm³/mol. The fourth-order valence-electron chi connectivity index (χ4n) is 9.84. The average Bonchev–Trinajstić information content (AvgIpc) is 3.65. The number of hydrogen-bond donors (Lipinski definition) is 0. The molecule has 11 rings (SSSR count). The number of aromatic nitrogens is 1. The lowest BCUT2D eigenvalue weighted by atomic mass is 9.47. The molecule has 0 N–H and O–H groups in total. The summed E-state index contributed by atoms with van der Waals surface area (Å²) in [4.78, 5) is 65.3. The first kappa shape index (κ1) is 33.4. The van der Waals surface area contributed by atoms with Gasteiger partial charge in [0, 0.05) is 5.92 Å². The zero-order valence-electron chi connectivity index (χ0n) is 30.1. The van der Waals surface area contributed by atoms with E-state index in [9.17, 15) is 14.4 Å².